The summed E-state index contributed by atoms with van der Waals surface area (Å²) in [6, 6.07) is 25.3. The molecule has 39 heavy (non-hydrogen) atoms. The van der Waals surface area contributed by atoms with Crippen LogP contribution in [0.3, 0.4) is 0 Å². The number of nitrogens with zero attached hydrogens (tertiary/aromatic N) is 2. The fourth-order valence-electron chi connectivity index (χ4n) is 4.64. The second-order valence-electron chi connectivity index (χ2n) is 8.98. The van der Waals surface area contributed by atoms with E-state index in [9.17, 15) is 23.3 Å². The van der Waals surface area contributed by atoms with Crippen LogP contribution in [-0.4, -0.2) is 9.91 Å². The molecule has 0 spiro atoms. The number of anilines is 1. The summed E-state index contributed by atoms with van der Waals surface area (Å²) in [6.45, 7) is 0.131. The third-order valence-electron chi connectivity index (χ3n) is 6.39. The Hall–Kier alpha value is -4.43. The Bertz CT molecular complexity index is 1670. The first-order chi connectivity index (χ1) is 18.7. The molecule has 5 aromatic rings. The summed E-state index contributed by atoms with van der Waals surface area (Å²) in [6.07, 6.45) is -2.57. The van der Waals surface area contributed by atoms with Crippen LogP contribution < -0.4 is 5.32 Å². The van der Waals surface area contributed by atoms with Crippen molar-refractivity contribution in [2.75, 3.05) is 5.32 Å². The lowest BCUT2D eigenvalue weighted by atomic mass is 9.91. The summed E-state index contributed by atoms with van der Waals surface area (Å²) >= 11 is 6.06. The van der Waals surface area contributed by atoms with Gasteiger partial charge in [0.15, 0.2) is 0 Å². The van der Waals surface area contributed by atoms with Gasteiger partial charge >= 0.3 is 6.18 Å². The Morgan fingerprint density at radius 2 is 1.67 bits per heavy atom. The van der Waals surface area contributed by atoms with E-state index in [1.807, 2.05) is 42.5 Å². The summed E-state index contributed by atoms with van der Waals surface area (Å²) in [5, 5.41) is 15.4. The van der Waals surface area contributed by atoms with Crippen molar-refractivity contribution in [1.82, 2.24) is 4.98 Å². The number of fused-ring (bicyclic) bond motifs is 1. The second kappa shape index (κ2) is 10.7. The Balaban J connectivity index is 1.59. The maximum Gasteiger partial charge on any atom is 0.418 e. The highest BCUT2D eigenvalue weighted by Crippen LogP contribution is 2.39. The van der Waals surface area contributed by atoms with Gasteiger partial charge in [0.25, 0.3) is 5.69 Å². The Morgan fingerprint density at radius 1 is 0.897 bits per heavy atom. The van der Waals surface area contributed by atoms with Crippen molar-refractivity contribution in [1.29, 1.82) is 0 Å². The molecule has 0 aliphatic carbocycles. The van der Waals surface area contributed by atoms with Gasteiger partial charge in [-0.1, -0.05) is 66.2 Å². The van der Waals surface area contributed by atoms with E-state index in [4.69, 9.17) is 11.6 Å². The maximum absolute atomic E-state index is 13.8. The maximum atomic E-state index is 13.8. The van der Waals surface area contributed by atoms with Crippen LogP contribution in [0.1, 0.15) is 22.3 Å². The number of hydrogen-bond acceptors (Lipinski definition) is 4. The van der Waals surface area contributed by atoms with Crippen LogP contribution in [0.25, 0.3) is 22.0 Å². The number of nitro benzene ring substituents is 1. The van der Waals surface area contributed by atoms with Gasteiger partial charge in [-0.15, -0.1) is 0 Å². The molecule has 0 aliphatic rings. The second-order valence-corrected chi connectivity index (χ2v) is 9.42. The first-order valence-corrected chi connectivity index (χ1v) is 12.4. The van der Waals surface area contributed by atoms with Crippen molar-refractivity contribution < 1.29 is 18.1 Å². The predicted octanol–water partition coefficient (Wildman–Crippen LogP) is 8.69. The minimum atomic E-state index is -4.56. The number of hydrogen-bond donors (Lipinski definition) is 1. The number of rotatable bonds is 7. The Labute approximate surface area is 227 Å². The molecule has 1 heterocycles. The highest BCUT2D eigenvalue weighted by atomic mass is 35.5. The van der Waals surface area contributed by atoms with E-state index in [-0.39, 0.29) is 17.7 Å². The topological polar surface area (TPSA) is 68.1 Å². The molecule has 1 aromatic heterocycles. The number of nitro groups is 1. The van der Waals surface area contributed by atoms with Crippen molar-refractivity contribution in [3.05, 3.63) is 135 Å². The number of benzene rings is 4. The van der Waals surface area contributed by atoms with Crippen LogP contribution in [0.2, 0.25) is 5.02 Å². The van der Waals surface area contributed by atoms with Gasteiger partial charge in [-0.25, -0.2) is 0 Å². The normalized spacial score (nSPS) is 11.5. The minimum Gasteiger partial charge on any atom is -0.381 e. The van der Waals surface area contributed by atoms with Crippen molar-refractivity contribution >= 4 is 33.9 Å². The molecular formula is C30H21ClF3N3O2. The van der Waals surface area contributed by atoms with Gasteiger partial charge in [0.05, 0.1) is 21.6 Å². The van der Waals surface area contributed by atoms with Crippen LogP contribution in [0.4, 0.5) is 24.5 Å². The first kappa shape index (κ1) is 26.2. The van der Waals surface area contributed by atoms with Gasteiger partial charge in [-0.2, -0.15) is 13.2 Å². The molecule has 0 amide bonds. The number of alkyl halides is 3. The first-order valence-electron chi connectivity index (χ1n) is 12.0. The number of para-hydroxylation sites is 1. The Kier molecular flexibility index (Phi) is 7.21. The molecule has 9 heteroatoms. The third-order valence-corrected chi connectivity index (χ3v) is 6.63. The summed E-state index contributed by atoms with van der Waals surface area (Å²) in [7, 11) is 0. The molecule has 5 nitrogen and oxygen atoms in total. The smallest absolute Gasteiger partial charge is 0.381 e. The number of nitrogens with one attached hydrogen (secondary N) is 1. The molecule has 0 bridgehead atoms. The third kappa shape index (κ3) is 5.71. The fraction of sp³-hybridized carbons (Fsp3) is 0.100. The lowest BCUT2D eigenvalue weighted by Crippen LogP contribution is -2.07. The van der Waals surface area contributed by atoms with E-state index in [0.29, 0.717) is 39.2 Å². The zero-order valence-electron chi connectivity index (χ0n) is 20.4. The average molecular weight is 548 g/mol. The average Bonchev–Trinajstić information content (AvgIpc) is 2.91. The van der Waals surface area contributed by atoms with Gasteiger partial charge in [-0.05, 0) is 59.0 Å². The quantitative estimate of drug-likeness (QED) is 0.163. The molecule has 0 radical (unpaired) electrons. The van der Waals surface area contributed by atoms with Crippen LogP contribution in [0.15, 0.2) is 97.2 Å². The van der Waals surface area contributed by atoms with E-state index in [1.54, 1.807) is 18.2 Å². The lowest BCUT2D eigenvalue weighted by molar-refractivity contribution is -0.385. The molecule has 5 rings (SSSR count). The van der Waals surface area contributed by atoms with Crippen LogP contribution in [0.5, 0.6) is 0 Å². The fourth-order valence-corrected chi connectivity index (χ4v) is 4.83. The van der Waals surface area contributed by atoms with Crippen molar-refractivity contribution in [3.63, 3.8) is 0 Å². The number of pyridine rings is 1. The summed E-state index contributed by atoms with van der Waals surface area (Å²) < 4.78 is 41.5. The molecule has 0 fully saturated rings. The largest absolute Gasteiger partial charge is 0.418 e. The molecule has 0 unspecified atom stereocenters. The van der Waals surface area contributed by atoms with Gasteiger partial charge in [-0.3, -0.25) is 15.1 Å². The van der Waals surface area contributed by atoms with Gasteiger partial charge in [0.2, 0.25) is 0 Å². The molecular weight excluding hydrogens is 527 g/mol. The molecule has 0 atom stereocenters. The summed E-state index contributed by atoms with van der Waals surface area (Å²) in [5.41, 5.74) is 3.18. The molecule has 4 aromatic carbocycles. The van der Waals surface area contributed by atoms with Crippen LogP contribution in [0, 0.1) is 10.1 Å². The highest BCUT2D eigenvalue weighted by molar-refractivity contribution is 6.30. The van der Waals surface area contributed by atoms with Gasteiger partial charge in [0.1, 0.15) is 0 Å². The zero-order chi connectivity index (χ0) is 27.6. The zero-order valence-corrected chi connectivity index (χ0v) is 21.1. The van der Waals surface area contributed by atoms with Crippen molar-refractivity contribution in [3.8, 4) is 11.1 Å². The highest BCUT2D eigenvalue weighted by Gasteiger charge is 2.33. The van der Waals surface area contributed by atoms with E-state index < -0.39 is 16.7 Å². The number of aromatic nitrogens is 1. The van der Waals surface area contributed by atoms with Crippen molar-refractivity contribution in [2.24, 2.45) is 0 Å². The molecule has 0 aliphatic heterocycles. The summed E-state index contributed by atoms with van der Waals surface area (Å²) in [4.78, 5) is 15.2. The minimum absolute atomic E-state index is 0.0620. The Morgan fingerprint density at radius 3 is 2.41 bits per heavy atom. The van der Waals surface area contributed by atoms with Crippen molar-refractivity contribution in [2.45, 2.75) is 19.1 Å². The monoisotopic (exact) mass is 547 g/mol. The SMILES string of the molecule is O=[N+]([O-])c1ccc(Cl)cc1CNc1cccc(-c2c(Cc3ccccc3)cnc3c(C(F)(F)F)cccc23)c1. The number of halogens is 4. The standard InChI is InChI=1S/C30H21ClF3N3O2/c31-23-12-13-27(37(38)39)21(15-23)17-35-24-9-4-8-20(16-24)28-22(14-19-6-2-1-3-7-19)18-36-29-25(28)10-5-11-26(29)30(32,33)34/h1-13,15-16,18,35H,14,17H2. The van der Waals surface area contributed by atoms with E-state index in [2.05, 4.69) is 10.3 Å². The molecule has 0 saturated heterocycles. The van der Waals surface area contributed by atoms with Crippen LogP contribution in [-0.2, 0) is 19.1 Å². The van der Waals surface area contributed by atoms with E-state index in [0.717, 1.165) is 17.2 Å². The van der Waals surface area contributed by atoms with E-state index in [1.165, 1.54) is 30.5 Å². The lowest BCUT2D eigenvalue weighted by Gasteiger charge is -2.17. The molecule has 0 saturated carbocycles. The predicted molar refractivity (Wildman–Crippen MR) is 147 cm³/mol. The molecule has 196 valence electrons. The summed E-state index contributed by atoms with van der Waals surface area (Å²) in [5.74, 6) is 0. The van der Waals surface area contributed by atoms with Gasteiger partial charge in [0, 0.05) is 34.9 Å². The van der Waals surface area contributed by atoms with Crippen LogP contribution >= 0.6 is 11.6 Å². The molecule has 1 N–H and O–H groups in total. The van der Waals surface area contributed by atoms with E-state index >= 15 is 0 Å². The van der Waals surface area contributed by atoms with Gasteiger partial charge < -0.3 is 5.32 Å².